The third-order valence-corrected chi connectivity index (χ3v) is 4.04. The van der Waals surface area contributed by atoms with Crippen LogP contribution in [0.2, 0.25) is 0 Å². The number of hydrogen-bond donors (Lipinski definition) is 1. The molecule has 1 unspecified atom stereocenters. The lowest BCUT2D eigenvalue weighted by Gasteiger charge is -2.32. The van der Waals surface area contributed by atoms with Crippen LogP contribution in [0.1, 0.15) is 24.2 Å². The second-order valence-corrected chi connectivity index (χ2v) is 5.32. The lowest BCUT2D eigenvalue weighted by atomic mass is 10.1. The molecule has 0 saturated heterocycles. The molecular weight excluding hydrogens is 266 g/mol. The first-order valence-corrected chi connectivity index (χ1v) is 6.73. The van der Waals surface area contributed by atoms with Crippen molar-refractivity contribution in [1.29, 1.82) is 0 Å². The molecule has 0 aliphatic carbocycles. The van der Waals surface area contributed by atoms with Crippen LogP contribution in [0, 0.1) is 0 Å². The van der Waals surface area contributed by atoms with Crippen LogP contribution in [0.4, 0.5) is 5.69 Å². The van der Waals surface area contributed by atoms with E-state index in [1.54, 1.807) is 18.2 Å². The van der Waals surface area contributed by atoms with Crippen LogP contribution in [-0.2, 0) is 9.59 Å². The first-order valence-electron chi connectivity index (χ1n) is 5.74. The Bertz CT molecular complexity index is 570. The van der Waals surface area contributed by atoms with E-state index in [1.165, 1.54) is 30.5 Å². The molecule has 1 amide bonds. The molecule has 5 nitrogen and oxygen atoms in total. The molecule has 100 valence electrons. The van der Waals surface area contributed by atoms with Crippen LogP contribution >= 0.6 is 11.8 Å². The van der Waals surface area contributed by atoms with E-state index in [9.17, 15) is 14.4 Å². The molecule has 1 aliphatic heterocycles. The molecule has 0 saturated carbocycles. The van der Waals surface area contributed by atoms with Gasteiger partial charge >= 0.3 is 5.97 Å². The van der Waals surface area contributed by atoms with Crippen molar-refractivity contribution in [3.05, 3.63) is 23.8 Å². The van der Waals surface area contributed by atoms with E-state index in [2.05, 4.69) is 0 Å². The van der Waals surface area contributed by atoms with Gasteiger partial charge in [0.2, 0.25) is 5.91 Å². The molecule has 6 heteroatoms. The number of aliphatic carboxylic acids is 1. The zero-order valence-corrected chi connectivity index (χ0v) is 11.4. The first kappa shape index (κ1) is 13.6. The lowest BCUT2D eigenvalue weighted by molar-refractivity contribution is -0.139. The van der Waals surface area contributed by atoms with E-state index in [-0.39, 0.29) is 17.4 Å². The number of Topliss-reactive ketones (excluding diaryl/α,β-unsaturated/α-hetero) is 1. The number of carbonyl (C=O) groups is 3. The van der Waals surface area contributed by atoms with Gasteiger partial charge in [-0.05, 0) is 26.0 Å². The number of carbonyl (C=O) groups excluding carboxylic acids is 2. The molecule has 0 spiro atoms. The highest BCUT2D eigenvalue weighted by molar-refractivity contribution is 8.00. The number of ketones is 1. The Kier molecular flexibility index (Phi) is 3.61. The molecular formula is C13H13NO4S. The minimum Gasteiger partial charge on any atom is -0.480 e. The predicted octanol–water partition coefficient (Wildman–Crippen LogP) is 1.80. The van der Waals surface area contributed by atoms with Crippen molar-refractivity contribution >= 4 is 35.1 Å². The summed E-state index contributed by atoms with van der Waals surface area (Å²) in [6.45, 7) is 2.89. The number of thioether (sulfide) groups is 1. The van der Waals surface area contributed by atoms with Crippen LogP contribution in [0.15, 0.2) is 23.1 Å². The summed E-state index contributed by atoms with van der Waals surface area (Å²) in [6, 6.07) is 4.08. The molecule has 1 N–H and O–H groups in total. The molecule has 0 bridgehead atoms. The largest absolute Gasteiger partial charge is 0.480 e. The fourth-order valence-corrected chi connectivity index (χ4v) is 2.81. The van der Waals surface area contributed by atoms with Gasteiger partial charge in [0.05, 0.1) is 11.4 Å². The van der Waals surface area contributed by atoms with E-state index >= 15 is 0 Å². The van der Waals surface area contributed by atoms with Crippen LogP contribution in [0.3, 0.4) is 0 Å². The highest BCUT2D eigenvalue weighted by Crippen LogP contribution is 2.37. The summed E-state index contributed by atoms with van der Waals surface area (Å²) >= 11 is 1.35. The number of fused-ring (bicyclic) bond motifs is 1. The van der Waals surface area contributed by atoms with E-state index in [1.807, 2.05) is 0 Å². The van der Waals surface area contributed by atoms with Crippen molar-refractivity contribution < 1.29 is 19.5 Å². The normalized spacial score (nSPS) is 15.9. The van der Waals surface area contributed by atoms with E-state index in [4.69, 9.17) is 5.11 Å². The number of amides is 1. The summed E-state index contributed by atoms with van der Waals surface area (Å²) in [6.07, 6.45) is 0. The van der Waals surface area contributed by atoms with Gasteiger partial charge in [-0.25, -0.2) is 4.79 Å². The van der Waals surface area contributed by atoms with E-state index in [0.29, 0.717) is 11.3 Å². The van der Waals surface area contributed by atoms with E-state index < -0.39 is 12.0 Å². The summed E-state index contributed by atoms with van der Waals surface area (Å²) in [7, 11) is 0. The maximum atomic E-state index is 11.9. The molecule has 0 fully saturated rings. The van der Waals surface area contributed by atoms with Crippen LogP contribution in [-0.4, -0.2) is 34.6 Å². The van der Waals surface area contributed by atoms with Gasteiger partial charge in [-0.3, -0.25) is 14.5 Å². The van der Waals surface area contributed by atoms with Gasteiger partial charge < -0.3 is 5.11 Å². The summed E-state index contributed by atoms with van der Waals surface area (Å²) in [5.41, 5.74) is 0.973. The van der Waals surface area contributed by atoms with E-state index in [0.717, 1.165) is 4.90 Å². The zero-order valence-electron chi connectivity index (χ0n) is 10.5. The third kappa shape index (κ3) is 2.49. The van der Waals surface area contributed by atoms with Crippen LogP contribution in [0.25, 0.3) is 0 Å². The van der Waals surface area contributed by atoms with Gasteiger partial charge in [0.1, 0.15) is 6.04 Å². The number of carboxylic acids is 1. The minimum atomic E-state index is -1.07. The smallest absolute Gasteiger partial charge is 0.326 e. The molecule has 0 aromatic heterocycles. The van der Waals surface area contributed by atoms with Crippen molar-refractivity contribution in [3.8, 4) is 0 Å². The minimum absolute atomic E-state index is 0.117. The maximum Gasteiger partial charge on any atom is 0.326 e. The average Bonchev–Trinajstić information content (AvgIpc) is 2.37. The quantitative estimate of drug-likeness (QED) is 0.854. The highest BCUT2D eigenvalue weighted by atomic mass is 32.2. The van der Waals surface area contributed by atoms with Gasteiger partial charge in [0.15, 0.2) is 5.78 Å². The van der Waals surface area contributed by atoms with Crippen molar-refractivity contribution in [2.75, 3.05) is 10.7 Å². The first-order chi connectivity index (χ1) is 8.91. The van der Waals surface area contributed by atoms with Gasteiger partial charge in [-0.15, -0.1) is 11.8 Å². The number of benzene rings is 1. The summed E-state index contributed by atoms with van der Waals surface area (Å²) in [5, 5.41) is 9.09. The zero-order chi connectivity index (χ0) is 14.2. The second-order valence-electron chi connectivity index (χ2n) is 4.31. The summed E-state index contributed by atoms with van der Waals surface area (Å²) < 4.78 is 0. The van der Waals surface area contributed by atoms with Gasteiger partial charge in [0.25, 0.3) is 0 Å². The van der Waals surface area contributed by atoms with Crippen molar-refractivity contribution in [1.82, 2.24) is 0 Å². The second kappa shape index (κ2) is 5.05. The summed E-state index contributed by atoms with van der Waals surface area (Å²) in [4.78, 5) is 36.5. The topological polar surface area (TPSA) is 74.7 Å². The molecule has 0 radical (unpaired) electrons. The van der Waals surface area contributed by atoms with Crippen molar-refractivity contribution in [3.63, 3.8) is 0 Å². The lowest BCUT2D eigenvalue weighted by Crippen LogP contribution is -2.46. The van der Waals surface area contributed by atoms with Crippen molar-refractivity contribution in [2.24, 2.45) is 0 Å². The Morgan fingerprint density at radius 1 is 1.42 bits per heavy atom. The Morgan fingerprint density at radius 2 is 2.11 bits per heavy atom. The maximum absolute atomic E-state index is 11.9. The Labute approximate surface area is 114 Å². The molecule has 19 heavy (non-hydrogen) atoms. The standard InChI is InChI=1S/C13H13NO4S/c1-7(13(17)18)14-10-5-9(8(2)15)3-4-11(10)19-6-12(14)16/h3-5,7H,6H2,1-2H3,(H,17,18). The van der Waals surface area contributed by atoms with Crippen LogP contribution in [0.5, 0.6) is 0 Å². The van der Waals surface area contributed by atoms with Crippen LogP contribution < -0.4 is 4.90 Å². The molecule has 2 rings (SSSR count). The van der Waals surface area contributed by atoms with Gasteiger partial charge in [0, 0.05) is 10.5 Å². The molecule has 1 aromatic rings. The number of rotatable bonds is 3. The fraction of sp³-hybridized carbons (Fsp3) is 0.308. The number of carboxylic acid groups (broad SMARTS) is 1. The van der Waals surface area contributed by atoms with Gasteiger partial charge in [-0.2, -0.15) is 0 Å². The number of anilines is 1. The Balaban J connectivity index is 2.53. The molecule has 1 atom stereocenters. The van der Waals surface area contributed by atoms with Gasteiger partial charge in [-0.1, -0.05) is 6.07 Å². The molecule has 1 heterocycles. The molecule has 1 aromatic carbocycles. The fourth-order valence-electron chi connectivity index (χ4n) is 1.93. The Hall–Kier alpha value is -1.82. The van der Waals surface area contributed by atoms with Crippen molar-refractivity contribution in [2.45, 2.75) is 24.8 Å². The summed E-state index contributed by atoms with van der Waals surface area (Å²) in [5.74, 6) is -1.23. The highest BCUT2D eigenvalue weighted by Gasteiger charge is 2.32. The monoisotopic (exact) mass is 279 g/mol. The number of hydrogen-bond acceptors (Lipinski definition) is 4. The number of nitrogens with zero attached hydrogens (tertiary/aromatic N) is 1. The Morgan fingerprint density at radius 3 is 2.68 bits per heavy atom. The third-order valence-electron chi connectivity index (χ3n) is 2.99. The molecule has 1 aliphatic rings. The SMILES string of the molecule is CC(=O)c1ccc2c(c1)N(C(C)C(=O)O)C(=O)CS2. The predicted molar refractivity (Wildman–Crippen MR) is 71.8 cm³/mol. The average molecular weight is 279 g/mol.